The first kappa shape index (κ1) is 24.8. The minimum absolute atomic E-state index is 0.0242. The van der Waals surface area contributed by atoms with Crippen LogP contribution in [0, 0.1) is 0 Å². The smallest absolute Gasteiger partial charge is 0.344 e. The maximum absolute atomic E-state index is 13.0. The van der Waals surface area contributed by atoms with Gasteiger partial charge in [0.15, 0.2) is 0 Å². The summed E-state index contributed by atoms with van der Waals surface area (Å²) in [6, 6.07) is 24.7. The van der Waals surface area contributed by atoms with Crippen molar-refractivity contribution in [2.75, 3.05) is 0 Å². The fraction of sp³-hybridized carbons (Fsp3) is 0. The van der Waals surface area contributed by atoms with Crippen LogP contribution in [0.1, 0.15) is 20.7 Å². The summed E-state index contributed by atoms with van der Waals surface area (Å²) in [6.07, 6.45) is 0. The van der Waals surface area contributed by atoms with Crippen LogP contribution < -0.4 is 9.47 Å². The molecular weight excluding hydrogens is 600 g/mol. The topological polar surface area (TPSA) is 86.7 Å². The van der Waals surface area contributed by atoms with E-state index in [0.29, 0.717) is 20.1 Å². The molecule has 0 spiro atoms. The van der Waals surface area contributed by atoms with Crippen LogP contribution in [0.25, 0.3) is 0 Å². The Morgan fingerprint density at radius 1 is 0.543 bits per heavy atom. The number of benzene rings is 4. The lowest BCUT2D eigenvalue weighted by molar-refractivity contribution is 0.0724. The Kier molecular flexibility index (Phi) is 7.49. The van der Waals surface area contributed by atoms with Crippen LogP contribution in [0.4, 0.5) is 0 Å². The number of ether oxygens (including phenoxy) is 2. The molecule has 0 radical (unpaired) electrons. The Labute approximate surface area is 218 Å². The average molecular weight is 616 g/mol. The molecule has 6 nitrogen and oxygen atoms in total. The van der Waals surface area contributed by atoms with Gasteiger partial charge in [-0.15, -0.1) is 0 Å². The molecule has 4 aromatic rings. The lowest BCUT2D eigenvalue weighted by Crippen LogP contribution is -2.10. The van der Waals surface area contributed by atoms with Gasteiger partial charge >= 0.3 is 11.9 Å². The molecule has 0 aliphatic rings. The van der Waals surface area contributed by atoms with E-state index in [1.54, 1.807) is 48.5 Å². The second-order valence-corrected chi connectivity index (χ2v) is 10.8. The Balaban J connectivity index is 1.46. The fourth-order valence-electron chi connectivity index (χ4n) is 3.09. The predicted molar refractivity (Wildman–Crippen MR) is 137 cm³/mol. The minimum atomic E-state index is -3.84. The van der Waals surface area contributed by atoms with Gasteiger partial charge in [-0.3, -0.25) is 0 Å². The van der Waals surface area contributed by atoms with Gasteiger partial charge in [-0.2, -0.15) is 0 Å². The van der Waals surface area contributed by atoms with E-state index >= 15 is 0 Å². The summed E-state index contributed by atoms with van der Waals surface area (Å²) in [5.41, 5.74) is 0.703. The number of hydrogen-bond acceptors (Lipinski definition) is 6. The van der Waals surface area contributed by atoms with Crippen molar-refractivity contribution in [1.29, 1.82) is 0 Å². The summed E-state index contributed by atoms with van der Waals surface area (Å²) in [5, 5.41) is 0. The molecule has 0 unspecified atom stereocenters. The van der Waals surface area contributed by atoms with Crippen molar-refractivity contribution in [2.24, 2.45) is 0 Å². The Morgan fingerprint density at radius 3 is 1.23 bits per heavy atom. The zero-order valence-corrected chi connectivity index (χ0v) is 21.8. The van der Waals surface area contributed by atoms with Gasteiger partial charge in [0.05, 0.1) is 20.9 Å². The average Bonchev–Trinajstić information content (AvgIpc) is 2.85. The van der Waals surface area contributed by atoms with Gasteiger partial charge in [-0.1, -0.05) is 24.3 Å². The van der Waals surface area contributed by atoms with Crippen LogP contribution in [-0.2, 0) is 9.84 Å². The van der Waals surface area contributed by atoms with Crippen LogP contribution in [0.5, 0.6) is 11.5 Å². The predicted octanol–water partition coefficient (Wildman–Crippen LogP) is 6.48. The number of rotatable bonds is 6. The van der Waals surface area contributed by atoms with E-state index in [4.69, 9.17) is 9.47 Å². The molecule has 4 aromatic carbocycles. The molecule has 176 valence electrons. The third kappa shape index (κ3) is 5.70. The van der Waals surface area contributed by atoms with Crippen molar-refractivity contribution in [3.05, 3.63) is 117 Å². The molecule has 0 amide bonds. The lowest BCUT2D eigenvalue weighted by atomic mass is 10.2. The van der Waals surface area contributed by atoms with Crippen molar-refractivity contribution in [1.82, 2.24) is 0 Å². The molecule has 0 fully saturated rings. The van der Waals surface area contributed by atoms with Gasteiger partial charge in [0.1, 0.15) is 11.5 Å². The van der Waals surface area contributed by atoms with Crippen LogP contribution in [-0.4, -0.2) is 20.4 Å². The number of halogens is 2. The lowest BCUT2D eigenvalue weighted by Gasteiger charge is -2.09. The van der Waals surface area contributed by atoms with Crippen molar-refractivity contribution in [2.45, 2.75) is 9.79 Å². The van der Waals surface area contributed by atoms with Gasteiger partial charge in [0, 0.05) is 8.95 Å². The number of sulfone groups is 1. The zero-order chi connectivity index (χ0) is 25.0. The normalized spacial score (nSPS) is 11.0. The van der Waals surface area contributed by atoms with Crippen LogP contribution in [0.15, 0.2) is 116 Å². The highest BCUT2D eigenvalue weighted by molar-refractivity contribution is 9.10. The van der Waals surface area contributed by atoms with E-state index in [2.05, 4.69) is 31.9 Å². The van der Waals surface area contributed by atoms with E-state index in [1.165, 1.54) is 48.5 Å². The summed E-state index contributed by atoms with van der Waals surface area (Å²) in [5.74, 6) is -0.723. The molecule has 0 saturated heterocycles. The first-order valence-electron chi connectivity index (χ1n) is 10.1. The van der Waals surface area contributed by atoms with Crippen molar-refractivity contribution >= 4 is 53.6 Å². The second kappa shape index (κ2) is 10.6. The van der Waals surface area contributed by atoms with E-state index in [1.807, 2.05) is 0 Å². The van der Waals surface area contributed by atoms with Crippen molar-refractivity contribution in [3.8, 4) is 11.5 Å². The molecule has 0 aliphatic heterocycles. The van der Waals surface area contributed by atoms with E-state index in [-0.39, 0.29) is 21.3 Å². The molecule has 0 bridgehead atoms. The molecule has 0 aromatic heterocycles. The van der Waals surface area contributed by atoms with Crippen molar-refractivity contribution < 1.29 is 27.5 Å². The molecule has 0 N–H and O–H groups in total. The minimum Gasteiger partial charge on any atom is -0.423 e. The largest absolute Gasteiger partial charge is 0.423 e. The Morgan fingerprint density at radius 2 is 0.886 bits per heavy atom. The highest BCUT2D eigenvalue weighted by Crippen LogP contribution is 2.26. The summed E-state index contributed by atoms with van der Waals surface area (Å²) in [7, 11) is -3.84. The third-order valence-electron chi connectivity index (χ3n) is 4.88. The highest BCUT2D eigenvalue weighted by atomic mass is 79.9. The van der Waals surface area contributed by atoms with Crippen LogP contribution in [0.2, 0.25) is 0 Å². The van der Waals surface area contributed by atoms with Gasteiger partial charge in [-0.25, -0.2) is 18.0 Å². The summed E-state index contributed by atoms with van der Waals surface area (Å²) in [6.45, 7) is 0. The molecule has 0 heterocycles. The van der Waals surface area contributed by atoms with E-state index in [9.17, 15) is 18.0 Å². The van der Waals surface area contributed by atoms with Crippen LogP contribution >= 0.6 is 31.9 Å². The first-order valence-corrected chi connectivity index (χ1v) is 13.2. The summed E-state index contributed by atoms with van der Waals surface area (Å²) in [4.78, 5) is 24.7. The highest BCUT2D eigenvalue weighted by Gasteiger charge is 2.19. The standard InChI is InChI=1S/C26H16Br2O6S/c27-23-7-3-1-5-21(23)25(29)33-17-9-13-19(14-10-17)35(31,32)20-15-11-18(12-16-20)34-26(30)22-6-2-4-8-24(22)28/h1-16H. The van der Waals surface area contributed by atoms with Crippen LogP contribution in [0.3, 0.4) is 0 Å². The molecule has 0 aliphatic carbocycles. The molecule has 9 heteroatoms. The third-order valence-corrected chi connectivity index (χ3v) is 8.05. The molecule has 4 rings (SSSR count). The maximum Gasteiger partial charge on any atom is 0.344 e. The second-order valence-electron chi connectivity index (χ2n) is 7.18. The first-order chi connectivity index (χ1) is 16.8. The molecule has 0 saturated carbocycles. The van der Waals surface area contributed by atoms with Gasteiger partial charge in [0.2, 0.25) is 9.84 Å². The number of carbonyl (C=O) groups excluding carboxylic acids is 2. The monoisotopic (exact) mass is 614 g/mol. The Bertz CT molecular complexity index is 1390. The summed E-state index contributed by atoms with van der Waals surface area (Å²) >= 11 is 6.59. The van der Waals surface area contributed by atoms with E-state index < -0.39 is 21.8 Å². The summed E-state index contributed by atoms with van der Waals surface area (Å²) < 4.78 is 37.9. The molecule has 0 atom stereocenters. The van der Waals surface area contributed by atoms with Crippen molar-refractivity contribution in [3.63, 3.8) is 0 Å². The SMILES string of the molecule is O=C(Oc1ccc(S(=O)(=O)c2ccc(OC(=O)c3ccccc3Br)cc2)cc1)c1ccccc1Br. The number of carbonyl (C=O) groups is 2. The van der Waals surface area contributed by atoms with Gasteiger partial charge in [-0.05, 0) is 105 Å². The zero-order valence-electron chi connectivity index (χ0n) is 17.9. The van der Waals surface area contributed by atoms with E-state index in [0.717, 1.165) is 0 Å². The number of esters is 2. The maximum atomic E-state index is 13.0. The fourth-order valence-corrected chi connectivity index (χ4v) is 5.24. The molecule has 35 heavy (non-hydrogen) atoms. The van der Waals surface area contributed by atoms with Gasteiger partial charge < -0.3 is 9.47 Å². The Hall–Kier alpha value is -3.27. The molecular formula is C26H16Br2O6S. The quantitative estimate of drug-likeness (QED) is 0.182. The number of hydrogen-bond donors (Lipinski definition) is 0. The van der Waals surface area contributed by atoms with Gasteiger partial charge in [0.25, 0.3) is 0 Å².